The smallest absolute Gasteiger partial charge is 0.374 e. The molecule has 1 heterocycles. The van der Waals surface area contributed by atoms with Crippen LogP contribution in [0.5, 0.6) is 0 Å². The van der Waals surface area contributed by atoms with Gasteiger partial charge in [-0.2, -0.15) is 0 Å². The first-order valence-corrected chi connectivity index (χ1v) is 5.14. The number of benzene rings is 1. The molecule has 2 aromatic rings. The van der Waals surface area contributed by atoms with Gasteiger partial charge in [0.1, 0.15) is 0 Å². The van der Waals surface area contributed by atoms with E-state index in [2.05, 4.69) is 15.0 Å². The number of carbonyl (C=O) groups is 2. The van der Waals surface area contributed by atoms with Crippen LogP contribution in [0.15, 0.2) is 34.9 Å². The summed E-state index contributed by atoms with van der Waals surface area (Å²) in [7, 11) is 0. The Labute approximate surface area is 102 Å². The van der Waals surface area contributed by atoms with Gasteiger partial charge in [-0.3, -0.25) is 4.79 Å². The summed E-state index contributed by atoms with van der Waals surface area (Å²) in [6.45, 7) is 1.90. The van der Waals surface area contributed by atoms with Crippen LogP contribution in [-0.4, -0.2) is 22.1 Å². The second kappa shape index (κ2) is 4.70. The molecule has 1 aromatic heterocycles. The number of hydrogen-bond acceptors (Lipinski definition) is 4. The van der Waals surface area contributed by atoms with Gasteiger partial charge in [-0.1, -0.05) is 17.3 Å². The summed E-state index contributed by atoms with van der Waals surface area (Å²) in [5.41, 5.74) is 1.54. The minimum absolute atomic E-state index is 0.0751. The minimum Gasteiger partial charge on any atom is -0.475 e. The van der Waals surface area contributed by atoms with Crippen LogP contribution in [0.4, 0.5) is 5.69 Å². The van der Waals surface area contributed by atoms with Crippen LogP contribution >= 0.6 is 0 Å². The van der Waals surface area contributed by atoms with E-state index in [4.69, 9.17) is 5.11 Å². The molecule has 0 unspecified atom stereocenters. The molecular formula is C12H10N2O4. The molecule has 0 spiro atoms. The molecule has 0 radical (unpaired) electrons. The molecule has 0 saturated heterocycles. The zero-order chi connectivity index (χ0) is 13.1. The van der Waals surface area contributed by atoms with Gasteiger partial charge in [0.2, 0.25) is 5.76 Å². The average Bonchev–Trinajstić information content (AvgIpc) is 2.78. The van der Waals surface area contributed by atoms with E-state index in [9.17, 15) is 9.59 Å². The lowest BCUT2D eigenvalue weighted by molar-refractivity contribution is 0.0651. The summed E-state index contributed by atoms with van der Waals surface area (Å²) in [6.07, 6.45) is 0. The quantitative estimate of drug-likeness (QED) is 0.863. The Morgan fingerprint density at radius 3 is 2.72 bits per heavy atom. The summed E-state index contributed by atoms with van der Waals surface area (Å²) < 4.78 is 4.50. The fourth-order valence-electron chi connectivity index (χ4n) is 1.40. The minimum atomic E-state index is -1.27. The molecule has 6 heteroatoms. The second-order valence-electron chi connectivity index (χ2n) is 3.71. The molecular weight excluding hydrogens is 236 g/mol. The predicted octanol–water partition coefficient (Wildman–Crippen LogP) is 1.93. The van der Waals surface area contributed by atoms with Crippen molar-refractivity contribution in [3.05, 3.63) is 47.3 Å². The first-order chi connectivity index (χ1) is 8.56. The standard InChI is InChI=1S/C12H10N2O4/c1-7-3-2-4-8(5-7)13-11(15)9-6-10(12(16)17)18-14-9/h2-6H,1H3,(H,13,15)(H,16,17). The fourth-order valence-corrected chi connectivity index (χ4v) is 1.40. The molecule has 0 atom stereocenters. The number of aromatic nitrogens is 1. The van der Waals surface area contributed by atoms with Crippen LogP contribution in [0.25, 0.3) is 0 Å². The molecule has 2 N–H and O–H groups in total. The van der Waals surface area contributed by atoms with Crippen molar-refractivity contribution < 1.29 is 19.2 Å². The van der Waals surface area contributed by atoms with Crippen LogP contribution in [0, 0.1) is 6.92 Å². The predicted molar refractivity (Wildman–Crippen MR) is 62.6 cm³/mol. The Morgan fingerprint density at radius 1 is 1.33 bits per heavy atom. The summed E-state index contributed by atoms with van der Waals surface area (Å²) in [5, 5.41) is 14.6. The number of carboxylic acid groups (broad SMARTS) is 1. The lowest BCUT2D eigenvalue weighted by Crippen LogP contribution is -2.12. The highest BCUT2D eigenvalue weighted by Crippen LogP contribution is 2.11. The third kappa shape index (κ3) is 2.54. The lowest BCUT2D eigenvalue weighted by Gasteiger charge is -2.02. The highest BCUT2D eigenvalue weighted by atomic mass is 16.5. The van der Waals surface area contributed by atoms with Crippen LogP contribution in [0.2, 0.25) is 0 Å². The Balaban J connectivity index is 2.14. The van der Waals surface area contributed by atoms with Crippen molar-refractivity contribution in [2.45, 2.75) is 6.92 Å². The van der Waals surface area contributed by atoms with Crippen molar-refractivity contribution >= 4 is 17.6 Å². The number of hydrogen-bond donors (Lipinski definition) is 2. The first-order valence-electron chi connectivity index (χ1n) is 5.14. The largest absolute Gasteiger partial charge is 0.475 e. The molecule has 92 valence electrons. The number of carbonyl (C=O) groups excluding carboxylic acids is 1. The van der Waals surface area contributed by atoms with Crippen molar-refractivity contribution in [1.29, 1.82) is 0 Å². The van der Waals surface area contributed by atoms with E-state index < -0.39 is 11.9 Å². The number of nitrogens with one attached hydrogen (secondary N) is 1. The van der Waals surface area contributed by atoms with Crippen molar-refractivity contribution in [1.82, 2.24) is 5.16 Å². The molecule has 0 aliphatic rings. The van der Waals surface area contributed by atoms with E-state index >= 15 is 0 Å². The molecule has 0 aliphatic heterocycles. The molecule has 0 aliphatic carbocycles. The number of rotatable bonds is 3. The summed E-state index contributed by atoms with van der Waals surface area (Å²) in [4.78, 5) is 22.3. The molecule has 2 rings (SSSR count). The fraction of sp³-hybridized carbons (Fsp3) is 0.0833. The zero-order valence-electron chi connectivity index (χ0n) is 9.51. The van der Waals surface area contributed by atoms with Crippen molar-refractivity contribution in [2.75, 3.05) is 5.32 Å². The van der Waals surface area contributed by atoms with E-state index in [1.54, 1.807) is 18.2 Å². The highest BCUT2D eigenvalue weighted by molar-refractivity contribution is 6.03. The van der Waals surface area contributed by atoms with Crippen molar-refractivity contribution in [3.63, 3.8) is 0 Å². The third-order valence-corrected chi connectivity index (χ3v) is 2.23. The molecule has 1 aromatic carbocycles. The number of carboxylic acids is 1. The van der Waals surface area contributed by atoms with Crippen LogP contribution in [0.1, 0.15) is 26.6 Å². The molecule has 6 nitrogen and oxygen atoms in total. The first kappa shape index (κ1) is 11.8. The van der Waals surface area contributed by atoms with E-state index in [-0.39, 0.29) is 11.5 Å². The normalized spacial score (nSPS) is 10.1. The van der Waals surface area contributed by atoms with Gasteiger partial charge < -0.3 is 14.9 Å². The van der Waals surface area contributed by atoms with Crippen LogP contribution in [-0.2, 0) is 0 Å². The number of amides is 1. The Kier molecular flexibility index (Phi) is 3.09. The second-order valence-corrected chi connectivity index (χ2v) is 3.71. The SMILES string of the molecule is Cc1cccc(NC(=O)c2cc(C(=O)O)on2)c1. The molecule has 0 bridgehead atoms. The number of anilines is 1. The Bertz CT molecular complexity index is 604. The van der Waals surface area contributed by atoms with Gasteiger partial charge in [0.05, 0.1) is 0 Å². The molecule has 0 fully saturated rings. The molecule has 0 saturated carbocycles. The van der Waals surface area contributed by atoms with Crippen molar-refractivity contribution in [3.8, 4) is 0 Å². The number of aryl methyl sites for hydroxylation is 1. The van der Waals surface area contributed by atoms with E-state index in [0.29, 0.717) is 5.69 Å². The number of nitrogens with zero attached hydrogens (tertiary/aromatic N) is 1. The van der Waals surface area contributed by atoms with E-state index in [1.807, 2.05) is 13.0 Å². The van der Waals surface area contributed by atoms with Gasteiger partial charge in [-0.05, 0) is 24.6 Å². The zero-order valence-corrected chi connectivity index (χ0v) is 9.51. The van der Waals surface area contributed by atoms with Crippen molar-refractivity contribution in [2.24, 2.45) is 0 Å². The van der Waals surface area contributed by atoms with Crippen LogP contribution < -0.4 is 5.32 Å². The summed E-state index contributed by atoms with van der Waals surface area (Å²) in [6, 6.07) is 8.29. The van der Waals surface area contributed by atoms with Gasteiger partial charge in [0, 0.05) is 11.8 Å². The topological polar surface area (TPSA) is 92.4 Å². The van der Waals surface area contributed by atoms with Gasteiger partial charge in [0.15, 0.2) is 5.69 Å². The van der Waals surface area contributed by atoms with Gasteiger partial charge in [0.25, 0.3) is 5.91 Å². The van der Waals surface area contributed by atoms with Gasteiger partial charge in [-0.25, -0.2) is 4.79 Å². The maximum absolute atomic E-state index is 11.7. The number of aromatic carboxylic acids is 1. The maximum atomic E-state index is 11.7. The molecule has 18 heavy (non-hydrogen) atoms. The Hall–Kier alpha value is -2.63. The average molecular weight is 246 g/mol. The summed E-state index contributed by atoms with van der Waals surface area (Å²) >= 11 is 0. The van der Waals surface area contributed by atoms with Gasteiger partial charge >= 0.3 is 5.97 Å². The van der Waals surface area contributed by atoms with Gasteiger partial charge in [-0.15, -0.1) is 0 Å². The Morgan fingerprint density at radius 2 is 2.11 bits per heavy atom. The summed E-state index contributed by atoms with van der Waals surface area (Å²) in [5.74, 6) is -2.15. The molecule has 1 amide bonds. The maximum Gasteiger partial charge on any atom is 0.374 e. The van der Waals surface area contributed by atoms with E-state index in [1.165, 1.54) is 0 Å². The third-order valence-electron chi connectivity index (χ3n) is 2.23. The highest BCUT2D eigenvalue weighted by Gasteiger charge is 2.16. The lowest BCUT2D eigenvalue weighted by atomic mass is 10.2. The van der Waals surface area contributed by atoms with E-state index in [0.717, 1.165) is 11.6 Å². The monoisotopic (exact) mass is 246 g/mol. The van der Waals surface area contributed by atoms with Crippen LogP contribution in [0.3, 0.4) is 0 Å².